The van der Waals surface area contributed by atoms with Crippen LogP contribution in [0, 0.1) is 22.2 Å². The number of aliphatic hydroxyl groups is 2. The molecule has 2 bridgehead atoms. The molecule has 0 spiro atoms. The Bertz CT molecular complexity index is 2930. The molecule has 1 aliphatic heterocycles. The average molecular weight is 1140 g/mol. The number of rotatable bonds is 17. The number of hydrogen-bond donors (Lipinski definition) is 3. The van der Waals surface area contributed by atoms with Gasteiger partial charge >= 0.3 is 41.8 Å². The van der Waals surface area contributed by atoms with Crippen molar-refractivity contribution in [3.8, 4) is 0 Å². The van der Waals surface area contributed by atoms with Crippen molar-refractivity contribution in [2.45, 2.75) is 181 Å². The number of carbonyl (C=O) groups is 10. The lowest BCUT2D eigenvalue weighted by Gasteiger charge is -2.67. The third kappa shape index (κ3) is 12.2. The van der Waals surface area contributed by atoms with Crippen LogP contribution in [0.1, 0.15) is 131 Å². The van der Waals surface area contributed by atoms with E-state index in [1.54, 1.807) is 90.1 Å². The molecule has 5 aliphatic rings. The van der Waals surface area contributed by atoms with E-state index in [9.17, 15) is 48.6 Å². The second-order valence-electron chi connectivity index (χ2n) is 23.5. The number of fused-ring (bicyclic) bond motifs is 5. The second kappa shape index (κ2) is 24.0. The molecule has 3 fully saturated rings. The highest BCUT2D eigenvalue weighted by atomic mass is 16.6. The first-order valence-corrected chi connectivity index (χ1v) is 27.1. The molecular weight excluding hydrogens is 1070 g/mol. The largest absolute Gasteiger partial charge is 0.458 e. The van der Waals surface area contributed by atoms with E-state index in [1.807, 2.05) is 0 Å². The highest BCUT2D eigenvalue weighted by molar-refractivity contribution is 5.96. The predicted octanol–water partition coefficient (Wildman–Crippen LogP) is 4.58. The number of Topliss-reactive ketones (excluding diaryl/α,β-unsaturated/α-hetero) is 2. The molecule has 1 amide bonds. The third-order valence-electron chi connectivity index (χ3n) is 16.5. The van der Waals surface area contributed by atoms with Gasteiger partial charge in [0, 0.05) is 76.7 Å². The van der Waals surface area contributed by atoms with Crippen molar-refractivity contribution in [1.82, 2.24) is 5.32 Å². The zero-order valence-electron chi connectivity index (χ0n) is 48.1. The van der Waals surface area contributed by atoms with Crippen LogP contribution < -0.4 is 5.32 Å². The van der Waals surface area contributed by atoms with Crippen molar-refractivity contribution < 1.29 is 101 Å². The molecule has 4 aliphatic carbocycles. The van der Waals surface area contributed by atoms with E-state index >= 15 is 9.59 Å². The van der Waals surface area contributed by atoms with Gasteiger partial charge in [-0.1, -0.05) is 83.1 Å². The van der Waals surface area contributed by atoms with Crippen LogP contribution in [-0.4, -0.2) is 149 Å². The Labute approximate surface area is 474 Å². The molecule has 444 valence electrons. The van der Waals surface area contributed by atoms with E-state index < -0.39 is 179 Å². The van der Waals surface area contributed by atoms with Crippen LogP contribution >= 0.6 is 0 Å². The van der Waals surface area contributed by atoms with Gasteiger partial charge in [-0.15, -0.1) is 0 Å². The summed E-state index contributed by atoms with van der Waals surface area (Å²) in [6, 6.07) is 14.6. The number of ketones is 2. The normalized spacial score (nSPS) is 30.7. The van der Waals surface area contributed by atoms with Crippen molar-refractivity contribution in [1.29, 1.82) is 0 Å². The quantitative estimate of drug-likeness (QED) is 0.111. The Morgan fingerprint density at radius 1 is 0.780 bits per heavy atom. The molecule has 82 heavy (non-hydrogen) atoms. The van der Waals surface area contributed by atoms with Gasteiger partial charge in [-0.05, 0) is 48.8 Å². The van der Waals surface area contributed by atoms with Gasteiger partial charge < -0.3 is 58.2 Å². The van der Waals surface area contributed by atoms with Crippen LogP contribution in [0.4, 0.5) is 0 Å². The summed E-state index contributed by atoms with van der Waals surface area (Å²) in [7, 11) is 0. The lowest BCUT2D eigenvalue weighted by Crippen LogP contribution is -2.82. The van der Waals surface area contributed by atoms with E-state index in [-0.39, 0.29) is 35.3 Å². The summed E-state index contributed by atoms with van der Waals surface area (Å²) in [6.45, 7) is 15.6. The minimum absolute atomic E-state index is 0.0376. The predicted molar refractivity (Wildman–Crippen MR) is 284 cm³/mol. The number of carbonyl (C=O) groups excluding carboxylic acids is 10. The Morgan fingerprint density at radius 2 is 1.38 bits per heavy atom. The maximum atomic E-state index is 15.7. The Kier molecular flexibility index (Phi) is 18.3. The lowest BCUT2D eigenvalue weighted by atomic mass is 9.44. The van der Waals surface area contributed by atoms with Gasteiger partial charge in [0.05, 0.1) is 48.4 Å². The fourth-order valence-electron chi connectivity index (χ4n) is 12.4. The van der Waals surface area contributed by atoms with Crippen molar-refractivity contribution in [2.24, 2.45) is 22.2 Å². The van der Waals surface area contributed by atoms with Crippen LogP contribution in [0.5, 0.6) is 0 Å². The first kappa shape index (κ1) is 62.5. The Hall–Kier alpha value is -7.14. The van der Waals surface area contributed by atoms with Gasteiger partial charge in [0.25, 0.3) is 0 Å². The average Bonchev–Trinajstić information content (AvgIpc) is 0.711. The summed E-state index contributed by atoms with van der Waals surface area (Å²) in [6.07, 6.45) is -14.3. The minimum atomic E-state index is -2.37. The summed E-state index contributed by atoms with van der Waals surface area (Å²) in [5.74, 6) is -10.1. The van der Waals surface area contributed by atoms with Crippen LogP contribution in [0.2, 0.25) is 0 Å². The van der Waals surface area contributed by atoms with Crippen molar-refractivity contribution in [3.63, 3.8) is 0 Å². The molecular formula is C60H73NO21. The molecule has 14 atom stereocenters. The third-order valence-corrected chi connectivity index (χ3v) is 16.5. The van der Waals surface area contributed by atoms with Gasteiger partial charge in [-0.3, -0.25) is 38.4 Å². The zero-order chi connectivity index (χ0) is 60.6. The number of benzene rings is 2. The fraction of sp³-hybridized carbons (Fsp3) is 0.567. The first-order valence-electron chi connectivity index (χ1n) is 27.1. The molecule has 22 nitrogen and oxygen atoms in total. The number of aliphatic hydroxyl groups excluding tert-OH is 1. The highest BCUT2D eigenvalue weighted by Gasteiger charge is 2.78. The maximum absolute atomic E-state index is 15.7. The fourth-order valence-corrected chi connectivity index (χ4v) is 12.4. The van der Waals surface area contributed by atoms with Gasteiger partial charge in [0.2, 0.25) is 5.91 Å². The van der Waals surface area contributed by atoms with E-state index in [0.717, 1.165) is 40.7 Å². The van der Waals surface area contributed by atoms with E-state index in [1.165, 1.54) is 19.1 Å². The number of hydrogen-bond acceptors (Lipinski definition) is 21. The SMILES string of the molecule is CC(=O)O[C@H]1C(=O)[C@@]2(C)C([C@H](OC(=O)c3ccccc3)C3(O)C[C@H](OCCC(=O)C(OC(=O)C4=C[C@@H](OC(C)=O)[C@@H](OC(C)=O)[C@H](OC(C)=O)C4)C(NC(=O)C(C)(C)C)c4ccccc4)C(C)=C1C3(C)C)[C@]1(OC(C)=O)COC1C[C@@H]2O. The molecule has 2 aromatic rings. The minimum Gasteiger partial charge on any atom is -0.458 e. The van der Waals surface area contributed by atoms with E-state index in [0.29, 0.717) is 5.56 Å². The van der Waals surface area contributed by atoms with Gasteiger partial charge in [-0.2, -0.15) is 0 Å². The summed E-state index contributed by atoms with van der Waals surface area (Å²) in [5.41, 5.74) is -8.56. The van der Waals surface area contributed by atoms with E-state index in [4.69, 9.17) is 42.6 Å². The standard InChI is InChI=1S/C60H73NO21/c1-30-42(28-60(73)52(81-53(70)37-21-17-14-18-22-37)50-58(12,43(68)27-44-59(50,29-75-44)82-35(6)66)51(69)49(79-34(5)65)45(30)57(60,10)11)74-24-23-39(67)47(46(36-19-15-13-16-20-36)61-55(72)56(7,8)9)80-54(71)38-25-40(76-31(2)62)48(78-33(4)64)41(26-38)77-32(3)63/h13-22,25,40-44,46-50,52,68,73H,23-24,26-29H2,1-12H3,(H,61,72)/t40-,41-,42+,43+,44?,46?,47?,48-,49-,50?,52+,58-,59+,60?/m1/s1. The van der Waals surface area contributed by atoms with Crippen molar-refractivity contribution in [2.75, 3.05) is 13.2 Å². The maximum Gasteiger partial charge on any atom is 0.338 e. The topological polar surface area (TPSA) is 306 Å². The second-order valence-corrected chi connectivity index (χ2v) is 23.5. The zero-order valence-corrected chi connectivity index (χ0v) is 48.1. The number of esters is 7. The van der Waals surface area contributed by atoms with Crippen molar-refractivity contribution >= 4 is 59.3 Å². The molecule has 3 N–H and O–H groups in total. The summed E-state index contributed by atoms with van der Waals surface area (Å²) in [4.78, 5) is 137. The molecule has 2 aromatic carbocycles. The molecule has 0 aromatic heterocycles. The van der Waals surface area contributed by atoms with Crippen LogP contribution in [0.15, 0.2) is 83.5 Å². The molecule has 1 heterocycles. The Balaban J connectivity index is 1.32. The summed E-state index contributed by atoms with van der Waals surface area (Å²) < 4.78 is 53.5. The molecule has 0 radical (unpaired) electrons. The Morgan fingerprint density at radius 3 is 1.93 bits per heavy atom. The van der Waals surface area contributed by atoms with E-state index in [2.05, 4.69) is 5.32 Å². The summed E-state index contributed by atoms with van der Waals surface area (Å²) >= 11 is 0. The molecule has 22 heteroatoms. The van der Waals surface area contributed by atoms with Gasteiger partial charge in [0.1, 0.15) is 23.9 Å². The molecule has 5 unspecified atom stereocenters. The van der Waals surface area contributed by atoms with Crippen LogP contribution in [0.25, 0.3) is 0 Å². The first-order chi connectivity index (χ1) is 38.3. The smallest absolute Gasteiger partial charge is 0.338 e. The van der Waals surface area contributed by atoms with Crippen molar-refractivity contribution in [3.05, 3.63) is 94.6 Å². The monoisotopic (exact) mass is 1140 g/mol. The van der Waals surface area contributed by atoms with Gasteiger partial charge in [-0.25, -0.2) is 9.59 Å². The summed E-state index contributed by atoms with van der Waals surface area (Å²) in [5, 5.41) is 29.0. The van der Waals surface area contributed by atoms with Crippen LogP contribution in [0.3, 0.4) is 0 Å². The molecule has 2 saturated carbocycles. The number of amides is 1. The van der Waals surface area contributed by atoms with Crippen LogP contribution in [-0.2, 0) is 85.8 Å². The molecule has 7 rings (SSSR count). The van der Waals surface area contributed by atoms with Gasteiger partial charge in [0.15, 0.2) is 41.6 Å². The lowest BCUT2D eigenvalue weighted by molar-refractivity contribution is -0.346. The number of nitrogens with one attached hydrogen (secondary N) is 1. The highest BCUT2D eigenvalue weighted by Crippen LogP contribution is 2.64. The number of ether oxygens (including phenoxy) is 9. The molecule has 1 saturated heterocycles.